The molecule has 9 nitrogen and oxygen atoms in total. The standard InChI is InChI=1S/C20H26N4O5S2/c1-2-29-20(25)15-4-3-9-24(14-15)31(26,27)19-8-6-17(30-19)16-5-7-18(22-21-16)23-10-12-28-13-11-23/h5-8,15H,2-4,9-14H2,1H3/t15-/m1/s1. The van der Waals surface area contributed by atoms with Gasteiger partial charge in [-0.05, 0) is 44.0 Å². The summed E-state index contributed by atoms with van der Waals surface area (Å²) >= 11 is 1.17. The van der Waals surface area contributed by atoms with Crippen LogP contribution in [0.1, 0.15) is 19.8 Å². The van der Waals surface area contributed by atoms with Crippen molar-refractivity contribution in [3.05, 3.63) is 24.3 Å². The minimum Gasteiger partial charge on any atom is -0.466 e. The van der Waals surface area contributed by atoms with Crippen molar-refractivity contribution in [1.29, 1.82) is 0 Å². The molecular formula is C20H26N4O5S2. The molecule has 2 aromatic rings. The number of sulfonamides is 1. The Kier molecular flexibility index (Phi) is 6.85. The van der Waals surface area contributed by atoms with Gasteiger partial charge in [-0.15, -0.1) is 21.5 Å². The third kappa shape index (κ3) is 4.89. The molecule has 0 saturated carbocycles. The molecule has 1 atom stereocenters. The maximum atomic E-state index is 13.1. The second kappa shape index (κ2) is 9.60. The van der Waals surface area contributed by atoms with Gasteiger partial charge in [0.2, 0.25) is 0 Å². The van der Waals surface area contributed by atoms with Gasteiger partial charge in [-0.2, -0.15) is 4.31 Å². The zero-order valence-electron chi connectivity index (χ0n) is 17.4. The third-order valence-electron chi connectivity index (χ3n) is 5.42. The maximum Gasteiger partial charge on any atom is 0.310 e. The van der Waals surface area contributed by atoms with Gasteiger partial charge in [0.15, 0.2) is 5.82 Å². The van der Waals surface area contributed by atoms with E-state index in [1.165, 1.54) is 15.6 Å². The minimum absolute atomic E-state index is 0.155. The zero-order valence-corrected chi connectivity index (χ0v) is 19.0. The Morgan fingerprint density at radius 1 is 1.19 bits per heavy atom. The van der Waals surface area contributed by atoms with Gasteiger partial charge in [-0.1, -0.05) is 0 Å². The van der Waals surface area contributed by atoms with Crippen LogP contribution in [-0.4, -0.2) is 74.9 Å². The maximum absolute atomic E-state index is 13.1. The van der Waals surface area contributed by atoms with E-state index >= 15 is 0 Å². The van der Waals surface area contributed by atoms with Gasteiger partial charge in [0.05, 0.1) is 30.6 Å². The zero-order chi connectivity index (χ0) is 21.8. The molecule has 2 saturated heterocycles. The van der Waals surface area contributed by atoms with Crippen molar-refractivity contribution in [3.63, 3.8) is 0 Å². The molecular weight excluding hydrogens is 440 g/mol. The third-order valence-corrected chi connectivity index (χ3v) is 8.86. The van der Waals surface area contributed by atoms with Crippen LogP contribution in [0.5, 0.6) is 0 Å². The van der Waals surface area contributed by atoms with Crippen LogP contribution in [0, 0.1) is 5.92 Å². The number of piperidine rings is 1. The highest BCUT2D eigenvalue weighted by molar-refractivity contribution is 7.91. The second-order valence-corrected chi connectivity index (χ2v) is 10.7. The monoisotopic (exact) mass is 466 g/mol. The fourth-order valence-electron chi connectivity index (χ4n) is 3.75. The summed E-state index contributed by atoms with van der Waals surface area (Å²) in [5.41, 5.74) is 0.631. The number of carbonyl (C=O) groups is 1. The van der Waals surface area contributed by atoms with Crippen molar-refractivity contribution in [2.45, 2.75) is 24.0 Å². The highest BCUT2D eigenvalue weighted by Gasteiger charge is 2.34. The first-order valence-electron chi connectivity index (χ1n) is 10.4. The Hall–Kier alpha value is -2.08. The Labute approximate surface area is 186 Å². The Bertz CT molecular complexity index is 1000. The number of morpholine rings is 1. The van der Waals surface area contributed by atoms with E-state index in [1.54, 1.807) is 19.1 Å². The number of thiophene rings is 1. The lowest BCUT2D eigenvalue weighted by molar-refractivity contribution is -0.149. The Balaban J connectivity index is 1.47. The largest absolute Gasteiger partial charge is 0.466 e. The number of ether oxygens (including phenoxy) is 2. The van der Waals surface area contributed by atoms with Crippen molar-refractivity contribution >= 4 is 33.1 Å². The van der Waals surface area contributed by atoms with Crippen LogP contribution in [0.25, 0.3) is 10.6 Å². The predicted molar refractivity (Wildman–Crippen MR) is 116 cm³/mol. The average Bonchev–Trinajstić information content (AvgIpc) is 3.31. The predicted octanol–water partition coefficient (Wildman–Crippen LogP) is 2.01. The quantitative estimate of drug-likeness (QED) is 0.596. The van der Waals surface area contributed by atoms with Gasteiger partial charge < -0.3 is 14.4 Å². The van der Waals surface area contributed by atoms with Crippen molar-refractivity contribution in [3.8, 4) is 10.6 Å². The number of hydrogen-bond donors (Lipinski definition) is 0. The number of carbonyl (C=O) groups excluding carboxylic acids is 1. The van der Waals surface area contributed by atoms with Crippen LogP contribution in [0.15, 0.2) is 28.5 Å². The van der Waals surface area contributed by atoms with Gasteiger partial charge in [0, 0.05) is 26.2 Å². The van der Waals surface area contributed by atoms with Crippen LogP contribution in [0.2, 0.25) is 0 Å². The van der Waals surface area contributed by atoms with Gasteiger partial charge >= 0.3 is 5.97 Å². The second-order valence-electron chi connectivity index (χ2n) is 7.45. The smallest absolute Gasteiger partial charge is 0.310 e. The number of hydrogen-bond acceptors (Lipinski definition) is 9. The van der Waals surface area contributed by atoms with Crippen LogP contribution in [0.4, 0.5) is 5.82 Å². The van der Waals surface area contributed by atoms with Crippen LogP contribution >= 0.6 is 11.3 Å². The molecule has 4 rings (SSSR count). The van der Waals surface area contributed by atoms with E-state index in [2.05, 4.69) is 15.1 Å². The minimum atomic E-state index is -3.68. The van der Waals surface area contributed by atoms with E-state index in [9.17, 15) is 13.2 Å². The summed E-state index contributed by atoms with van der Waals surface area (Å²) in [6, 6.07) is 7.11. The highest BCUT2D eigenvalue weighted by atomic mass is 32.2. The fourth-order valence-corrected chi connectivity index (χ4v) is 6.70. The molecule has 0 N–H and O–H groups in total. The first-order valence-corrected chi connectivity index (χ1v) is 12.7. The Morgan fingerprint density at radius 2 is 2.00 bits per heavy atom. The molecule has 0 bridgehead atoms. The highest BCUT2D eigenvalue weighted by Crippen LogP contribution is 2.33. The molecule has 0 spiro atoms. The van der Waals surface area contributed by atoms with Gasteiger partial charge in [-0.25, -0.2) is 8.42 Å². The Morgan fingerprint density at radius 3 is 2.71 bits per heavy atom. The van der Waals surface area contributed by atoms with E-state index in [4.69, 9.17) is 9.47 Å². The molecule has 0 amide bonds. The molecule has 168 valence electrons. The summed E-state index contributed by atoms with van der Waals surface area (Å²) in [5, 5.41) is 8.60. The number of rotatable bonds is 6. The number of anilines is 1. The van der Waals surface area contributed by atoms with Crippen molar-refractivity contribution < 1.29 is 22.7 Å². The molecule has 2 aliphatic heterocycles. The van der Waals surface area contributed by atoms with Gasteiger partial charge in [-0.3, -0.25) is 4.79 Å². The summed E-state index contributed by atoms with van der Waals surface area (Å²) in [7, 11) is -3.68. The summed E-state index contributed by atoms with van der Waals surface area (Å²) in [6.07, 6.45) is 1.28. The molecule has 2 aromatic heterocycles. The van der Waals surface area contributed by atoms with Crippen molar-refractivity contribution in [1.82, 2.24) is 14.5 Å². The molecule has 0 unspecified atom stereocenters. The van der Waals surface area contributed by atoms with Crippen LogP contribution < -0.4 is 4.90 Å². The molecule has 4 heterocycles. The molecule has 2 fully saturated rings. The fraction of sp³-hybridized carbons (Fsp3) is 0.550. The number of nitrogens with zero attached hydrogens (tertiary/aromatic N) is 4. The van der Waals surface area contributed by atoms with E-state index in [0.717, 1.165) is 23.8 Å². The molecule has 0 radical (unpaired) electrons. The van der Waals surface area contributed by atoms with E-state index in [1.807, 2.05) is 12.1 Å². The topological polar surface area (TPSA) is 102 Å². The molecule has 2 aliphatic rings. The lowest BCUT2D eigenvalue weighted by Gasteiger charge is -2.30. The summed E-state index contributed by atoms with van der Waals surface area (Å²) < 4.78 is 38.4. The summed E-state index contributed by atoms with van der Waals surface area (Å²) in [6.45, 7) is 5.49. The van der Waals surface area contributed by atoms with Crippen molar-refractivity contribution in [2.75, 3.05) is 50.9 Å². The number of aromatic nitrogens is 2. The van der Waals surface area contributed by atoms with E-state index < -0.39 is 15.9 Å². The molecule has 11 heteroatoms. The van der Waals surface area contributed by atoms with Gasteiger partial charge in [0.25, 0.3) is 10.0 Å². The normalized spacial score (nSPS) is 20.5. The van der Waals surface area contributed by atoms with E-state index in [-0.39, 0.29) is 16.7 Å². The number of esters is 1. The van der Waals surface area contributed by atoms with Gasteiger partial charge in [0.1, 0.15) is 9.90 Å². The van der Waals surface area contributed by atoms with E-state index in [0.29, 0.717) is 44.9 Å². The summed E-state index contributed by atoms with van der Waals surface area (Å²) in [4.78, 5) is 14.9. The average molecular weight is 467 g/mol. The van der Waals surface area contributed by atoms with Crippen LogP contribution in [0.3, 0.4) is 0 Å². The lowest BCUT2D eigenvalue weighted by Crippen LogP contribution is -2.42. The van der Waals surface area contributed by atoms with Crippen LogP contribution in [-0.2, 0) is 24.3 Å². The molecule has 31 heavy (non-hydrogen) atoms. The molecule has 0 aromatic carbocycles. The lowest BCUT2D eigenvalue weighted by atomic mass is 10.0. The first-order chi connectivity index (χ1) is 15.0. The first kappa shape index (κ1) is 22.1. The molecule has 0 aliphatic carbocycles. The SMILES string of the molecule is CCOC(=O)[C@@H]1CCCN(S(=O)(=O)c2ccc(-c3ccc(N4CCOCC4)nn3)s2)C1. The van der Waals surface area contributed by atoms with Crippen molar-refractivity contribution in [2.24, 2.45) is 5.92 Å². The summed E-state index contributed by atoms with van der Waals surface area (Å²) in [5.74, 6) is 0.0428.